The van der Waals surface area contributed by atoms with Gasteiger partial charge in [-0.25, -0.2) is 4.79 Å². The van der Waals surface area contributed by atoms with Crippen molar-refractivity contribution >= 4 is 11.7 Å². The van der Waals surface area contributed by atoms with Crippen LogP contribution in [-0.2, 0) is 16.1 Å². The molecular formula is C18H19NO3. The van der Waals surface area contributed by atoms with Crippen LogP contribution < -0.4 is 9.64 Å². The van der Waals surface area contributed by atoms with Crippen molar-refractivity contribution in [3.63, 3.8) is 0 Å². The molecule has 1 aliphatic rings. The number of carbonyl (C=O) groups excluding carboxylic acids is 1. The molecule has 0 N–H and O–H groups in total. The fourth-order valence-electron chi connectivity index (χ4n) is 2.62. The summed E-state index contributed by atoms with van der Waals surface area (Å²) in [6, 6.07) is 18.0. The number of anilines is 1. The van der Waals surface area contributed by atoms with Crippen molar-refractivity contribution < 1.29 is 14.3 Å². The maximum absolute atomic E-state index is 12.0. The van der Waals surface area contributed by atoms with Crippen molar-refractivity contribution in [2.75, 3.05) is 18.1 Å². The number of fused-ring (bicyclic) bond motifs is 1. The van der Waals surface area contributed by atoms with E-state index in [0.717, 1.165) is 18.0 Å². The number of hydrogen-bond acceptors (Lipinski definition) is 4. The molecule has 4 heteroatoms. The van der Waals surface area contributed by atoms with E-state index in [0.29, 0.717) is 13.2 Å². The van der Waals surface area contributed by atoms with Crippen LogP contribution >= 0.6 is 0 Å². The van der Waals surface area contributed by atoms with Gasteiger partial charge in [-0.15, -0.1) is 0 Å². The third-order valence-electron chi connectivity index (χ3n) is 3.63. The van der Waals surface area contributed by atoms with Crippen LogP contribution in [0.15, 0.2) is 54.6 Å². The standard InChI is InChI=1S/C18H19NO3/c1-2-21-18(20)17-13-19(12-14-8-4-3-5-9-14)15-10-6-7-11-16(15)22-17/h3-11,17H,2,12-13H2,1H3/t17-/m0/s1. The zero-order valence-corrected chi connectivity index (χ0v) is 12.6. The molecule has 4 nitrogen and oxygen atoms in total. The normalized spacial score (nSPS) is 16.6. The van der Waals surface area contributed by atoms with Crippen LogP contribution in [0.5, 0.6) is 5.75 Å². The predicted octanol–water partition coefficient (Wildman–Crippen LogP) is 3.02. The summed E-state index contributed by atoms with van der Waals surface area (Å²) >= 11 is 0. The summed E-state index contributed by atoms with van der Waals surface area (Å²) in [5, 5.41) is 0. The number of nitrogens with zero attached hydrogens (tertiary/aromatic N) is 1. The van der Waals surface area contributed by atoms with Gasteiger partial charge in [0, 0.05) is 6.54 Å². The molecule has 0 aromatic heterocycles. The first-order valence-corrected chi connectivity index (χ1v) is 7.49. The fraction of sp³-hybridized carbons (Fsp3) is 0.278. The van der Waals surface area contributed by atoms with Gasteiger partial charge in [0.15, 0.2) is 0 Å². The first-order chi connectivity index (χ1) is 10.8. The zero-order chi connectivity index (χ0) is 15.4. The van der Waals surface area contributed by atoms with E-state index in [4.69, 9.17) is 9.47 Å². The molecule has 2 aromatic carbocycles. The van der Waals surface area contributed by atoms with Crippen LogP contribution in [0, 0.1) is 0 Å². The van der Waals surface area contributed by atoms with Gasteiger partial charge in [-0.2, -0.15) is 0 Å². The lowest BCUT2D eigenvalue weighted by molar-refractivity contribution is -0.151. The summed E-state index contributed by atoms with van der Waals surface area (Å²) in [4.78, 5) is 14.2. The van der Waals surface area contributed by atoms with Crippen LogP contribution in [0.25, 0.3) is 0 Å². The van der Waals surface area contributed by atoms with Crippen LogP contribution in [0.4, 0.5) is 5.69 Å². The van der Waals surface area contributed by atoms with Gasteiger partial charge in [-0.1, -0.05) is 42.5 Å². The van der Waals surface area contributed by atoms with Gasteiger partial charge in [0.25, 0.3) is 0 Å². The molecule has 1 aliphatic heterocycles. The van der Waals surface area contributed by atoms with E-state index in [2.05, 4.69) is 17.0 Å². The minimum atomic E-state index is -0.585. The van der Waals surface area contributed by atoms with Crippen molar-refractivity contribution in [1.82, 2.24) is 0 Å². The highest BCUT2D eigenvalue weighted by molar-refractivity contribution is 5.78. The molecule has 0 radical (unpaired) electrons. The highest BCUT2D eigenvalue weighted by Gasteiger charge is 2.31. The zero-order valence-electron chi connectivity index (χ0n) is 12.6. The highest BCUT2D eigenvalue weighted by atomic mass is 16.6. The Balaban J connectivity index is 1.85. The van der Waals surface area contributed by atoms with Gasteiger partial charge in [0.2, 0.25) is 6.10 Å². The van der Waals surface area contributed by atoms with E-state index in [1.165, 1.54) is 5.56 Å². The number of benzene rings is 2. The van der Waals surface area contributed by atoms with E-state index in [9.17, 15) is 4.79 Å². The lowest BCUT2D eigenvalue weighted by atomic mass is 10.1. The number of rotatable bonds is 4. The van der Waals surface area contributed by atoms with Crippen LogP contribution in [0.1, 0.15) is 12.5 Å². The Morgan fingerprint density at radius 3 is 2.68 bits per heavy atom. The molecule has 0 fully saturated rings. The van der Waals surface area contributed by atoms with E-state index >= 15 is 0 Å². The average Bonchev–Trinajstić information content (AvgIpc) is 2.56. The molecule has 0 spiro atoms. The van der Waals surface area contributed by atoms with E-state index < -0.39 is 6.10 Å². The second-order valence-corrected chi connectivity index (χ2v) is 5.19. The van der Waals surface area contributed by atoms with Crippen LogP contribution in [-0.4, -0.2) is 25.2 Å². The summed E-state index contributed by atoms with van der Waals surface area (Å²) in [5.41, 5.74) is 2.20. The summed E-state index contributed by atoms with van der Waals surface area (Å²) in [6.45, 7) is 3.39. The summed E-state index contributed by atoms with van der Waals surface area (Å²) < 4.78 is 10.9. The van der Waals surface area contributed by atoms with Crippen molar-refractivity contribution in [2.45, 2.75) is 19.6 Å². The Hall–Kier alpha value is -2.49. The molecule has 1 atom stereocenters. The Labute approximate surface area is 130 Å². The van der Waals surface area contributed by atoms with Gasteiger partial charge in [-0.3, -0.25) is 0 Å². The van der Waals surface area contributed by atoms with Crippen molar-refractivity contribution in [3.8, 4) is 5.75 Å². The lowest BCUT2D eigenvalue weighted by Crippen LogP contribution is -2.44. The third kappa shape index (κ3) is 3.06. The maximum atomic E-state index is 12.0. The second-order valence-electron chi connectivity index (χ2n) is 5.19. The number of esters is 1. The molecule has 0 amide bonds. The molecule has 0 saturated carbocycles. The molecule has 2 aromatic rings. The van der Waals surface area contributed by atoms with Gasteiger partial charge < -0.3 is 14.4 Å². The topological polar surface area (TPSA) is 38.8 Å². The predicted molar refractivity (Wildman–Crippen MR) is 85.0 cm³/mol. The van der Waals surface area contributed by atoms with Crippen molar-refractivity contribution in [2.24, 2.45) is 0 Å². The summed E-state index contributed by atoms with van der Waals surface area (Å²) in [7, 11) is 0. The molecule has 0 unspecified atom stereocenters. The monoisotopic (exact) mass is 297 g/mol. The molecule has 22 heavy (non-hydrogen) atoms. The SMILES string of the molecule is CCOC(=O)[C@@H]1CN(Cc2ccccc2)c2ccccc2O1. The Morgan fingerprint density at radius 2 is 1.91 bits per heavy atom. The Morgan fingerprint density at radius 1 is 1.18 bits per heavy atom. The van der Waals surface area contributed by atoms with Crippen molar-refractivity contribution in [3.05, 3.63) is 60.2 Å². The molecule has 0 saturated heterocycles. The maximum Gasteiger partial charge on any atom is 0.349 e. The fourth-order valence-corrected chi connectivity index (χ4v) is 2.62. The molecule has 114 valence electrons. The average molecular weight is 297 g/mol. The molecule has 1 heterocycles. The van der Waals surface area contributed by atoms with Gasteiger partial charge >= 0.3 is 5.97 Å². The number of carbonyl (C=O) groups is 1. The number of hydrogen-bond donors (Lipinski definition) is 0. The third-order valence-corrected chi connectivity index (χ3v) is 3.63. The number of para-hydroxylation sites is 2. The molecule has 0 bridgehead atoms. The Bertz CT molecular complexity index is 642. The lowest BCUT2D eigenvalue weighted by Gasteiger charge is -2.35. The molecule has 3 rings (SSSR count). The first kappa shape index (κ1) is 14.4. The minimum absolute atomic E-state index is 0.310. The molecular weight excluding hydrogens is 278 g/mol. The highest BCUT2D eigenvalue weighted by Crippen LogP contribution is 2.34. The summed E-state index contributed by atoms with van der Waals surface area (Å²) in [6.07, 6.45) is -0.585. The van der Waals surface area contributed by atoms with E-state index in [1.54, 1.807) is 6.92 Å². The van der Waals surface area contributed by atoms with Gasteiger partial charge in [0.1, 0.15) is 5.75 Å². The first-order valence-electron chi connectivity index (χ1n) is 7.49. The number of ether oxygens (including phenoxy) is 2. The second kappa shape index (κ2) is 6.52. The smallest absolute Gasteiger partial charge is 0.349 e. The van der Waals surface area contributed by atoms with Crippen LogP contribution in [0.2, 0.25) is 0 Å². The van der Waals surface area contributed by atoms with Crippen molar-refractivity contribution in [1.29, 1.82) is 0 Å². The largest absolute Gasteiger partial charge is 0.475 e. The van der Waals surface area contributed by atoms with E-state index in [1.807, 2.05) is 42.5 Å². The molecule has 0 aliphatic carbocycles. The van der Waals surface area contributed by atoms with Gasteiger partial charge in [-0.05, 0) is 24.6 Å². The summed E-state index contributed by atoms with van der Waals surface area (Å²) in [5.74, 6) is 0.415. The quantitative estimate of drug-likeness (QED) is 0.813. The van der Waals surface area contributed by atoms with E-state index in [-0.39, 0.29) is 5.97 Å². The minimum Gasteiger partial charge on any atom is -0.475 e. The Kier molecular flexibility index (Phi) is 4.28. The van der Waals surface area contributed by atoms with Gasteiger partial charge in [0.05, 0.1) is 18.8 Å². The van der Waals surface area contributed by atoms with Crippen LogP contribution in [0.3, 0.4) is 0 Å².